The van der Waals surface area contributed by atoms with Crippen molar-refractivity contribution < 1.29 is 23.4 Å². The average molecular weight is 494 g/mol. The number of fused-ring (bicyclic) bond motifs is 1. The standard InChI is InChI=1S/C28H25F2NO3S/c1-17-4-2-3-5-22(17)25(33)27-26(23-11-8-20(32)14-24(23)35-27)34-21-9-6-18(7-10-21)12-13-31-15-19(16-31)28(29)30/h2-11,14,19,28,32H,12-13,15-16H2,1H3. The van der Waals surface area contributed by atoms with Crippen molar-refractivity contribution in [3.05, 3.63) is 88.3 Å². The van der Waals surface area contributed by atoms with E-state index < -0.39 is 12.3 Å². The zero-order valence-electron chi connectivity index (χ0n) is 19.2. The number of phenols is 1. The highest BCUT2D eigenvalue weighted by molar-refractivity contribution is 7.21. The lowest BCUT2D eigenvalue weighted by Gasteiger charge is -2.38. The molecule has 4 nitrogen and oxygen atoms in total. The third-order valence-electron chi connectivity index (χ3n) is 6.43. The van der Waals surface area contributed by atoms with Crippen LogP contribution in [0.2, 0.25) is 0 Å². The highest BCUT2D eigenvalue weighted by atomic mass is 32.1. The number of benzene rings is 3. The van der Waals surface area contributed by atoms with Crippen LogP contribution in [-0.2, 0) is 6.42 Å². The molecule has 0 aliphatic carbocycles. The molecule has 1 N–H and O–H groups in total. The summed E-state index contributed by atoms with van der Waals surface area (Å²) in [5, 5.41) is 10.7. The molecule has 0 spiro atoms. The van der Waals surface area contributed by atoms with Crippen LogP contribution in [-0.4, -0.2) is 41.8 Å². The van der Waals surface area contributed by atoms with E-state index in [-0.39, 0.29) is 11.5 Å². The number of thiophene rings is 1. The minimum absolute atomic E-state index is 0.118. The van der Waals surface area contributed by atoms with Crippen molar-refractivity contribution in [1.29, 1.82) is 0 Å². The maximum Gasteiger partial charge on any atom is 0.243 e. The van der Waals surface area contributed by atoms with Gasteiger partial charge in [0.15, 0.2) is 5.75 Å². The number of likely N-dealkylation sites (tertiary alicyclic amines) is 1. The lowest BCUT2D eigenvalue weighted by Crippen LogP contribution is -2.50. The molecule has 1 saturated heterocycles. The number of carbonyl (C=O) groups is 1. The Bertz CT molecular complexity index is 1360. The summed E-state index contributed by atoms with van der Waals surface area (Å²) in [6, 6.07) is 20.1. The zero-order valence-corrected chi connectivity index (χ0v) is 20.0. The Labute approximate surface area is 206 Å². The first-order valence-corrected chi connectivity index (χ1v) is 12.3. The Morgan fingerprint density at radius 3 is 2.57 bits per heavy atom. The van der Waals surface area contributed by atoms with Crippen LogP contribution in [0.1, 0.15) is 26.4 Å². The molecule has 1 fully saturated rings. The normalized spacial score (nSPS) is 14.4. The van der Waals surface area contributed by atoms with E-state index in [0.29, 0.717) is 35.0 Å². The second-order valence-corrected chi connectivity index (χ2v) is 9.99. The Kier molecular flexibility index (Phi) is 6.54. The molecule has 4 aromatic rings. The van der Waals surface area contributed by atoms with Gasteiger partial charge in [0.2, 0.25) is 12.2 Å². The molecule has 1 aliphatic rings. The van der Waals surface area contributed by atoms with E-state index in [2.05, 4.69) is 0 Å². The largest absolute Gasteiger partial charge is 0.508 e. The SMILES string of the molecule is Cc1ccccc1C(=O)c1sc2cc(O)ccc2c1Oc1ccc(CCN2CC(C(F)F)C2)cc1. The van der Waals surface area contributed by atoms with E-state index in [0.717, 1.165) is 34.2 Å². The maximum absolute atomic E-state index is 13.5. The Hall–Kier alpha value is -3.29. The van der Waals surface area contributed by atoms with Gasteiger partial charge in [0.05, 0.1) is 0 Å². The number of carbonyl (C=O) groups excluding carboxylic acids is 1. The number of rotatable bonds is 8. The molecule has 0 amide bonds. The van der Waals surface area contributed by atoms with Crippen LogP contribution < -0.4 is 4.74 Å². The molecule has 7 heteroatoms. The third-order valence-corrected chi connectivity index (χ3v) is 7.56. The van der Waals surface area contributed by atoms with Crippen molar-refractivity contribution in [2.24, 2.45) is 5.92 Å². The van der Waals surface area contributed by atoms with Crippen LogP contribution in [0.3, 0.4) is 0 Å². The van der Waals surface area contributed by atoms with Crippen LogP contribution >= 0.6 is 11.3 Å². The number of ether oxygens (including phenoxy) is 1. The monoisotopic (exact) mass is 493 g/mol. The molecule has 0 atom stereocenters. The van der Waals surface area contributed by atoms with Crippen molar-refractivity contribution in [1.82, 2.24) is 4.90 Å². The van der Waals surface area contributed by atoms with Crippen molar-refractivity contribution in [2.45, 2.75) is 19.8 Å². The number of phenolic OH excluding ortho intramolecular Hbond substituents is 1. The fourth-order valence-electron chi connectivity index (χ4n) is 4.34. The Balaban J connectivity index is 1.36. The van der Waals surface area contributed by atoms with Crippen LogP contribution in [0.25, 0.3) is 10.1 Å². The number of halogens is 2. The van der Waals surface area contributed by atoms with E-state index in [4.69, 9.17) is 4.74 Å². The molecule has 1 aliphatic heterocycles. The number of hydrogen-bond acceptors (Lipinski definition) is 5. The fourth-order valence-corrected chi connectivity index (χ4v) is 5.46. The summed E-state index contributed by atoms with van der Waals surface area (Å²) >= 11 is 1.30. The molecule has 0 bridgehead atoms. The molecule has 180 valence electrons. The number of aryl methyl sites for hydroxylation is 1. The summed E-state index contributed by atoms with van der Waals surface area (Å²) in [6.45, 7) is 3.56. The number of ketones is 1. The van der Waals surface area contributed by atoms with E-state index in [1.807, 2.05) is 54.3 Å². The predicted octanol–water partition coefficient (Wildman–Crippen LogP) is 6.68. The molecular weight excluding hydrogens is 468 g/mol. The van der Waals surface area contributed by atoms with Gasteiger partial charge in [-0.05, 0) is 54.8 Å². The molecular formula is C28H25F2NO3S. The van der Waals surface area contributed by atoms with E-state index in [1.54, 1.807) is 24.3 Å². The lowest BCUT2D eigenvalue weighted by atomic mass is 10.00. The van der Waals surface area contributed by atoms with Gasteiger partial charge < -0.3 is 14.7 Å². The highest BCUT2D eigenvalue weighted by Gasteiger charge is 2.33. The van der Waals surface area contributed by atoms with Crippen LogP contribution in [0, 0.1) is 12.8 Å². The zero-order chi connectivity index (χ0) is 24.5. The van der Waals surface area contributed by atoms with Crippen LogP contribution in [0.15, 0.2) is 66.7 Å². The molecule has 0 unspecified atom stereocenters. The smallest absolute Gasteiger partial charge is 0.243 e. The number of alkyl halides is 2. The first-order valence-electron chi connectivity index (χ1n) is 11.5. The van der Waals surface area contributed by atoms with Crippen LogP contribution in [0.4, 0.5) is 8.78 Å². The number of nitrogens with zero attached hydrogens (tertiary/aromatic N) is 1. The molecule has 35 heavy (non-hydrogen) atoms. The van der Waals surface area contributed by atoms with E-state index >= 15 is 0 Å². The van der Waals surface area contributed by atoms with Gasteiger partial charge in [0, 0.05) is 41.2 Å². The van der Waals surface area contributed by atoms with Gasteiger partial charge in [-0.15, -0.1) is 11.3 Å². The van der Waals surface area contributed by atoms with Gasteiger partial charge in [0.1, 0.15) is 16.4 Å². The Morgan fingerprint density at radius 1 is 1.11 bits per heavy atom. The maximum atomic E-state index is 13.5. The topological polar surface area (TPSA) is 49.8 Å². The first-order chi connectivity index (χ1) is 16.9. The molecule has 0 radical (unpaired) electrons. The van der Waals surface area contributed by atoms with E-state index in [1.165, 1.54) is 11.3 Å². The van der Waals surface area contributed by atoms with Gasteiger partial charge in [0.25, 0.3) is 0 Å². The molecule has 5 rings (SSSR count). The summed E-state index contributed by atoms with van der Waals surface area (Å²) in [5.41, 5.74) is 2.59. The lowest BCUT2D eigenvalue weighted by molar-refractivity contribution is -0.0233. The molecule has 2 heterocycles. The molecule has 1 aromatic heterocycles. The highest BCUT2D eigenvalue weighted by Crippen LogP contribution is 2.43. The van der Waals surface area contributed by atoms with E-state index in [9.17, 15) is 18.7 Å². The van der Waals surface area contributed by atoms with Gasteiger partial charge in [-0.25, -0.2) is 8.78 Å². The van der Waals surface area contributed by atoms with Crippen molar-refractivity contribution >= 4 is 27.2 Å². The van der Waals surface area contributed by atoms with Gasteiger partial charge in [-0.1, -0.05) is 36.4 Å². The van der Waals surface area contributed by atoms with Gasteiger partial charge in [-0.2, -0.15) is 0 Å². The van der Waals surface area contributed by atoms with Crippen molar-refractivity contribution in [3.8, 4) is 17.2 Å². The summed E-state index contributed by atoms with van der Waals surface area (Å²) in [7, 11) is 0. The number of hydrogen-bond donors (Lipinski definition) is 1. The van der Waals surface area contributed by atoms with Gasteiger partial charge >= 0.3 is 0 Å². The quantitative estimate of drug-likeness (QED) is 0.278. The Morgan fingerprint density at radius 2 is 1.86 bits per heavy atom. The summed E-state index contributed by atoms with van der Waals surface area (Å²) in [6.07, 6.45) is -1.46. The summed E-state index contributed by atoms with van der Waals surface area (Å²) < 4.78 is 32.3. The minimum Gasteiger partial charge on any atom is -0.508 e. The third kappa shape index (κ3) is 4.92. The molecule has 3 aromatic carbocycles. The van der Waals surface area contributed by atoms with Crippen molar-refractivity contribution in [2.75, 3.05) is 19.6 Å². The second-order valence-electron chi connectivity index (χ2n) is 8.93. The minimum atomic E-state index is -2.23. The molecule has 0 saturated carbocycles. The van der Waals surface area contributed by atoms with Gasteiger partial charge in [-0.3, -0.25) is 4.79 Å². The summed E-state index contributed by atoms with van der Waals surface area (Å²) in [4.78, 5) is 16.0. The number of aromatic hydroxyl groups is 1. The first kappa shape index (κ1) is 23.5. The van der Waals surface area contributed by atoms with Crippen molar-refractivity contribution in [3.63, 3.8) is 0 Å². The average Bonchev–Trinajstić information content (AvgIpc) is 3.16. The van der Waals surface area contributed by atoms with Crippen LogP contribution in [0.5, 0.6) is 17.2 Å². The summed E-state index contributed by atoms with van der Waals surface area (Å²) in [5.74, 6) is 0.593. The second kappa shape index (κ2) is 9.76. The predicted molar refractivity (Wildman–Crippen MR) is 134 cm³/mol. The fraction of sp³-hybridized carbons (Fsp3) is 0.250.